The summed E-state index contributed by atoms with van der Waals surface area (Å²) >= 11 is 0. The largest absolute Gasteiger partial charge is 0.382 e. The number of aromatic nitrogens is 3. The summed E-state index contributed by atoms with van der Waals surface area (Å²) in [5.74, 6) is 0.375. The molecular weight excluding hydrogens is 330 g/mol. The van der Waals surface area contributed by atoms with E-state index in [1.54, 1.807) is 4.52 Å². The first-order valence-corrected chi connectivity index (χ1v) is 8.51. The number of nitrogens with two attached hydrogens (primary N) is 1. The molecule has 0 amide bonds. The molecule has 3 heterocycles. The zero-order valence-corrected chi connectivity index (χ0v) is 14.2. The van der Waals surface area contributed by atoms with Crippen LogP contribution in [0.2, 0.25) is 0 Å². The molecule has 1 aromatic carbocycles. The molecule has 1 fully saturated rings. The summed E-state index contributed by atoms with van der Waals surface area (Å²) in [6, 6.07) is 16.0. The zero-order valence-electron chi connectivity index (χ0n) is 14.2. The summed E-state index contributed by atoms with van der Waals surface area (Å²) in [4.78, 5) is 3.98. The van der Waals surface area contributed by atoms with Crippen molar-refractivity contribution in [1.82, 2.24) is 14.6 Å². The van der Waals surface area contributed by atoms with Crippen LogP contribution in [0.3, 0.4) is 0 Å². The number of nitrogen functional groups attached to an aromatic ring is 1. The highest BCUT2D eigenvalue weighted by Gasteiger charge is 2.44. The zero-order chi connectivity index (χ0) is 18.0. The Balaban J connectivity index is 1.48. The first-order chi connectivity index (χ1) is 12.7. The van der Waals surface area contributed by atoms with Gasteiger partial charge in [-0.15, -0.1) is 0 Å². The maximum Gasteiger partial charge on any atom is 0.196 e. The van der Waals surface area contributed by atoms with Crippen molar-refractivity contribution in [2.24, 2.45) is 0 Å². The molecule has 2 aromatic heterocycles. The lowest BCUT2D eigenvalue weighted by atomic mass is 9.98. The summed E-state index contributed by atoms with van der Waals surface area (Å²) in [7, 11) is 0. The Morgan fingerprint density at radius 1 is 1.31 bits per heavy atom. The van der Waals surface area contributed by atoms with E-state index in [-0.39, 0.29) is 6.10 Å². The Bertz CT molecular complexity index is 949. The van der Waals surface area contributed by atoms with Crippen molar-refractivity contribution >= 4 is 11.3 Å². The van der Waals surface area contributed by atoms with Crippen LogP contribution in [0.25, 0.3) is 5.52 Å². The Labute approximate surface area is 151 Å². The minimum absolute atomic E-state index is 0.136. The number of ether oxygens (including phenoxy) is 2. The van der Waals surface area contributed by atoms with Crippen molar-refractivity contribution in [3.8, 4) is 6.07 Å². The van der Waals surface area contributed by atoms with E-state index >= 15 is 0 Å². The number of benzene rings is 1. The summed E-state index contributed by atoms with van der Waals surface area (Å²) in [5, 5.41) is 14.1. The molecule has 7 heteroatoms. The smallest absolute Gasteiger partial charge is 0.196 e. The van der Waals surface area contributed by atoms with Crippen LogP contribution in [0.1, 0.15) is 24.1 Å². The number of anilines is 1. The van der Waals surface area contributed by atoms with Crippen LogP contribution in [0.15, 0.2) is 48.8 Å². The number of rotatable bonds is 5. The van der Waals surface area contributed by atoms with Gasteiger partial charge in [0.05, 0.1) is 25.0 Å². The number of nitrogens with zero attached hydrogens (tertiary/aromatic N) is 4. The topological polar surface area (TPSA) is 98.5 Å². The molecule has 1 aliphatic heterocycles. The minimum Gasteiger partial charge on any atom is -0.382 e. The summed E-state index contributed by atoms with van der Waals surface area (Å²) < 4.78 is 13.5. The summed E-state index contributed by atoms with van der Waals surface area (Å²) in [5.41, 5.74) is 7.30. The quantitative estimate of drug-likeness (QED) is 0.759. The van der Waals surface area contributed by atoms with Crippen LogP contribution >= 0.6 is 0 Å². The van der Waals surface area contributed by atoms with Crippen molar-refractivity contribution in [2.45, 2.75) is 31.2 Å². The van der Waals surface area contributed by atoms with E-state index in [1.165, 1.54) is 6.33 Å². The van der Waals surface area contributed by atoms with Gasteiger partial charge in [-0.05, 0) is 30.5 Å². The molecule has 0 aliphatic carbocycles. The lowest BCUT2D eigenvalue weighted by molar-refractivity contribution is -0.0528. The van der Waals surface area contributed by atoms with Gasteiger partial charge in [-0.2, -0.15) is 10.4 Å². The van der Waals surface area contributed by atoms with Crippen molar-refractivity contribution in [2.75, 3.05) is 12.3 Å². The first-order valence-electron chi connectivity index (χ1n) is 8.51. The fourth-order valence-electron chi connectivity index (χ4n) is 3.35. The molecule has 0 bridgehead atoms. The minimum atomic E-state index is -1.05. The molecule has 1 aliphatic rings. The highest BCUT2D eigenvalue weighted by Crippen LogP contribution is 2.39. The predicted octanol–water partition coefficient (Wildman–Crippen LogP) is 2.43. The molecule has 2 atom stereocenters. The van der Waals surface area contributed by atoms with Gasteiger partial charge in [0, 0.05) is 0 Å². The molecule has 26 heavy (non-hydrogen) atoms. The lowest BCUT2D eigenvalue weighted by Gasteiger charge is -2.21. The van der Waals surface area contributed by atoms with Crippen LogP contribution in [-0.4, -0.2) is 27.3 Å². The van der Waals surface area contributed by atoms with Gasteiger partial charge in [0.1, 0.15) is 17.9 Å². The molecule has 2 unspecified atom stereocenters. The van der Waals surface area contributed by atoms with Crippen molar-refractivity contribution in [1.29, 1.82) is 5.26 Å². The van der Waals surface area contributed by atoms with E-state index in [0.717, 1.165) is 12.0 Å². The fraction of sp³-hybridized carbons (Fsp3) is 0.316. The van der Waals surface area contributed by atoms with E-state index in [1.807, 2.05) is 42.5 Å². The summed E-state index contributed by atoms with van der Waals surface area (Å²) in [6.45, 7) is 0.969. The Kier molecular flexibility index (Phi) is 4.29. The van der Waals surface area contributed by atoms with E-state index < -0.39 is 5.60 Å². The highest BCUT2D eigenvalue weighted by molar-refractivity contribution is 5.65. The standard InChI is InChI=1S/C19H19N5O2/c20-12-19(17-7-6-16-18(21)22-13-23-24(16)17)9-8-15(26-19)11-25-10-14-4-2-1-3-5-14/h1-7,13,15H,8-11H2,(H2,21,22,23). The Morgan fingerprint density at radius 3 is 2.96 bits per heavy atom. The van der Waals surface area contributed by atoms with Gasteiger partial charge in [0.25, 0.3) is 0 Å². The number of hydrogen-bond donors (Lipinski definition) is 1. The van der Waals surface area contributed by atoms with Gasteiger partial charge in [0.2, 0.25) is 0 Å². The fourth-order valence-corrected chi connectivity index (χ4v) is 3.35. The first kappa shape index (κ1) is 16.5. The van der Waals surface area contributed by atoms with Gasteiger partial charge < -0.3 is 15.2 Å². The highest BCUT2D eigenvalue weighted by atomic mass is 16.6. The molecule has 0 radical (unpaired) electrons. The number of nitriles is 1. The lowest BCUT2D eigenvalue weighted by Crippen LogP contribution is -2.28. The van der Waals surface area contributed by atoms with Gasteiger partial charge in [-0.1, -0.05) is 30.3 Å². The van der Waals surface area contributed by atoms with Gasteiger partial charge >= 0.3 is 0 Å². The third-order valence-corrected chi connectivity index (χ3v) is 4.68. The predicted molar refractivity (Wildman–Crippen MR) is 94.9 cm³/mol. The second-order valence-electron chi connectivity index (χ2n) is 6.38. The van der Waals surface area contributed by atoms with Crippen molar-refractivity contribution in [3.05, 3.63) is 60.0 Å². The van der Waals surface area contributed by atoms with E-state index in [9.17, 15) is 5.26 Å². The normalized spacial score (nSPS) is 22.5. The SMILES string of the molecule is N#CC1(c2ccc3c(N)ncnn23)CCC(COCc2ccccc2)O1. The van der Waals surface area contributed by atoms with E-state index in [0.29, 0.717) is 36.7 Å². The molecule has 132 valence electrons. The second kappa shape index (κ2) is 6.75. The molecule has 7 nitrogen and oxygen atoms in total. The molecule has 2 N–H and O–H groups in total. The Morgan fingerprint density at radius 2 is 2.15 bits per heavy atom. The van der Waals surface area contributed by atoms with Crippen LogP contribution in [0, 0.1) is 11.3 Å². The molecule has 0 spiro atoms. The summed E-state index contributed by atoms with van der Waals surface area (Å²) in [6.07, 6.45) is 2.57. The average molecular weight is 349 g/mol. The van der Waals surface area contributed by atoms with Crippen molar-refractivity contribution in [3.63, 3.8) is 0 Å². The molecule has 1 saturated heterocycles. The molecule has 3 aromatic rings. The third kappa shape index (κ3) is 2.90. The van der Waals surface area contributed by atoms with Crippen LogP contribution in [0.5, 0.6) is 0 Å². The van der Waals surface area contributed by atoms with Gasteiger partial charge in [-0.3, -0.25) is 0 Å². The maximum atomic E-state index is 9.83. The van der Waals surface area contributed by atoms with Crippen molar-refractivity contribution < 1.29 is 9.47 Å². The average Bonchev–Trinajstić information content (AvgIpc) is 3.28. The van der Waals surface area contributed by atoms with Gasteiger partial charge in [-0.25, -0.2) is 9.50 Å². The van der Waals surface area contributed by atoms with E-state index in [4.69, 9.17) is 15.2 Å². The van der Waals surface area contributed by atoms with Crippen LogP contribution in [-0.2, 0) is 21.7 Å². The van der Waals surface area contributed by atoms with Crippen LogP contribution in [0.4, 0.5) is 5.82 Å². The Hall–Kier alpha value is -2.95. The maximum absolute atomic E-state index is 9.83. The number of fused-ring (bicyclic) bond motifs is 1. The van der Waals surface area contributed by atoms with Gasteiger partial charge in [0.15, 0.2) is 11.4 Å². The van der Waals surface area contributed by atoms with Crippen LogP contribution < -0.4 is 5.73 Å². The van der Waals surface area contributed by atoms with E-state index in [2.05, 4.69) is 16.2 Å². The monoisotopic (exact) mass is 349 g/mol. The molecular formula is C19H19N5O2. The number of hydrogen-bond acceptors (Lipinski definition) is 6. The molecule has 4 rings (SSSR count). The second-order valence-corrected chi connectivity index (χ2v) is 6.38. The third-order valence-electron chi connectivity index (χ3n) is 4.68. The molecule has 0 saturated carbocycles.